The molecule has 2 rings (SSSR count). The Kier molecular flexibility index (Phi) is 3.89. The molecule has 0 bridgehead atoms. The number of tetrazole rings is 1. The molecule has 9 heteroatoms. The predicted octanol–water partition coefficient (Wildman–Crippen LogP) is -0.370. The van der Waals surface area contributed by atoms with Gasteiger partial charge < -0.3 is 10.5 Å². The first kappa shape index (κ1) is 13.5. The van der Waals surface area contributed by atoms with Crippen LogP contribution in [0.2, 0.25) is 0 Å². The summed E-state index contributed by atoms with van der Waals surface area (Å²) in [6.45, 7) is 1.22. The Bertz CT molecular complexity index is 612. The summed E-state index contributed by atoms with van der Waals surface area (Å²) in [5.41, 5.74) is 8.29. The highest BCUT2D eigenvalue weighted by molar-refractivity contribution is 5.90. The van der Waals surface area contributed by atoms with E-state index in [1.807, 2.05) is 0 Å². The molecule has 0 radical (unpaired) electrons. The monoisotopic (exact) mass is 276 g/mol. The molecule has 3 N–H and O–H groups in total. The fourth-order valence-corrected chi connectivity index (χ4v) is 1.50. The van der Waals surface area contributed by atoms with E-state index < -0.39 is 18.0 Å². The SMILES string of the molecule is CC(=O)O[C@@H](C(=O)Nn1nnnc1N)c1ccccc1. The van der Waals surface area contributed by atoms with Crippen LogP contribution in [0.1, 0.15) is 18.6 Å². The number of benzene rings is 1. The van der Waals surface area contributed by atoms with Gasteiger partial charge in [-0.25, -0.2) is 5.43 Å². The second kappa shape index (κ2) is 5.78. The number of esters is 1. The van der Waals surface area contributed by atoms with Gasteiger partial charge in [-0.05, 0) is 10.4 Å². The van der Waals surface area contributed by atoms with E-state index in [1.165, 1.54) is 6.92 Å². The maximum Gasteiger partial charge on any atom is 0.303 e. The van der Waals surface area contributed by atoms with Crippen LogP contribution in [-0.4, -0.2) is 32.2 Å². The van der Waals surface area contributed by atoms with E-state index in [2.05, 4.69) is 21.0 Å². The lowest BCUT2D eigenvalue weighted by atomic mass is 10.1. The van der Waals surface area contributed by atoms with E-state index in [4.69, 9.17) is 10.5 Å². The quantitative estimate of drug-likeness (QED) is 0.730. The number of amides is 1. The van der Waals surface area contributed by atoms with Crippen LogP contribution >= 0.6 is 0 Å². The molecule has 0 saturated heterocycles. The molecule has 1 aromatic carbocycles. The van der Waals surface area contributed by atoms with Crippen molar-refractivity contribution in [3.8, 4) is 0 Å². The van der Waals surface area contributed by atoms with Gasteiger partial charge in [0.05, 0.1) is 0 Å². The second-order valence-corrected chi connectivity index (χ2v) is 3.83. The molecule has 0 spiro atoms. The van der Waals surface area contributed by atoms with Gasteiger partial charge in [-0.15, -0.1) is 4.79 Å². The zero-order chi connectivity index (χ0) is 14.5. The van der Waals surface area contributed by atoms with Crippen LogP contribution in [0, 0.1) is 0 Å². The van der Waals surface area contributed by atoms with Crippen molar-refractivity contribution in [3.05, 3.63) is 35.9 Å². The average Bonchev–Trinajstić information content (AvgIpc) is 2.82. The first-order chi connectivity index (χ1) is 9.58. The highest BCUT2D eigenvalue weighted by Crippen LogP contribution is 2.18. The van der Waals surface area contributed by atoms with Crippen LogP contribution < -0.4 is 11.2 Å². The number of aromatic nitrogens is 4. The number of nitrogen functional groups attached to an aromatic ring is 1. The van der Waals surface area contributed by atoms with Gasteiger partial charge in [0, 0.05) is 12.5 Å². The molecule has 0 unspecified atom stereocenters. The van der Waals surface area contributed by atoms with Crippen LogP contribution in [0.15, 0.2) is 30.3 Å². The third-order valence-electron chi connectivity index (χ3n) is 2.33. The maximum atomic E-state index is 12.1. The molecule has 1 heterocycles. The molecule has 0 aliphatic heterocycles. The fraction of sp³-hybridized carbons (Fsp3) is 0.182. The van der Waals surface area contributed by atoms with Gasteiger partial charge in [-0.1, -0.05) is 35.4 Å². The number of nitrogens with zero attached hydrogens (tertiary/aromatic N) is 4. The lowest BCUT2D eigenvalue weighted by molar-refractivity contribution is -0.152. The van der Waals surface area contributed by atoms with Crippen molar-refractivity contribution < 1.29 is 14.3 Å². The van der Waals surface area contributed by atoms with E-state index in [1.54, 1.807) is 30.3 Å². The van der Waals surface area contributed by atoms with Gasteiger partial charge in [-0.2, -0.15) is 0 Å². The number of hydrogen-bond acceptors (Lipinski definition) is 7. The first-order valence-electron chi connectivity index (χ1n) is 5.65. The highest BCUT2D eigenvalue weighted by atomic mass is 16.5. The second-order valence-electron chi connectivity index (χ2n) is 3.83. The molecule has 1 aromatic heterocycles. The van der Waals surface area contributed by atoms with Gasteiger partial charge >= 0.3 is 5.97 Å². The summed E-state index contributed by atoms with van der Waals surface area (Å²) in [4.78, 5) is 24.2. The topological polar surface area (TPSA) is 125 Å². The summed E-state index contributed by atoms with van der Waals surface area (Å²) in [6.07, 6.45) is -1.11. The molecular formula is C11H12N6O3. The van der Waals surface area contributed by atoms with E-state index in [-0.39, 0.29) is 5.95 Å². The Balaban J connectivity index is 2.21. The maximum absolute atomic E-state index is 12.1. The van der Waals surface area contributed by atoms with Gasteiger partial charge in [-0.3, -0.25) is 9.59 Å². The number of rotatable bonds is 4. The van der Waals surface area contributed by atoms with Gasteiger partial charge in [0.2, 0.25) is 6.10 Å². The zero-order valence-corrected chi connectivity index (χ0v) is 10.6. The highest BCUT2D eigenvalue weighted by Gasteiger charge is 2.24. The number of carbonyl (C=O) groups excluding carboxylic acids is 2. The average molecular weight is 276 g/mol. The molecule has 1 atom stereocenters. The van der Waals surface area contributed by atoms with Crippen molar-refractivity contribution in [2.24, 2.45) is 0 Å². The van der Waals surface area contributed by atoms with E-state index >= 15 is 0 Å². The van der Waals surface area contributed by atoms with Crippen LogP contribution in [0.25, 0.3) is 0 Å². The third-order valence-corrected chi connectivity index (χ3v) is 2.33. The Labute approximate surface area is 113 Å². The zero-order valence-electron chi connectivity index (χ0n) is 10.6. The molecule has 20 heavy (non-hydrogen) atoms. The number of carbonyl (C=O) groups is 2. The Morgan fingerprint density at radius 1 is 1.35 bits per heavy atom. The fourth-order valence-electron chi connectivity index (χ4n) is 1.50. The van der Waals surface area contributed by atoms with Crippen molar-refractivity contribution in [1.82, 2.24) is 20.3 Å². The van der Waals surface area contributed by atoms with Crippen molar-refractivity contribution in [3.63, 3.8) is 0 Å². The summed E-state index contributed by atoms with van der Waals surface area (Å²) in [6, 6.07) is 8.56. The molecule has 0 fully saturated rings. The van der Waals surface area contributed by atoms with Crippen molar-refractivity contribution >= 4 is 17.8 Å². The molecule has 0 saturated carbocycles. The van der Waals surface area contributed by atoms with Gasteiger partial charge in [0.1, 0.15) is 0 Å². The molecular weight excluding hydrogens is 264 g/mol. The lowest BCUT2D eigenvalue weighted by Gasteiger charge is -2.16. The molecule has 0 aliphatic carbocycles. The standard InChI is InChI=1S/C11H12N6O3/c1-7(18)20-9(8-5-3-2-4-6-8)10(19)14-17-11(12)13-15-16-17/h2-6,9H,1H3,(H,14,19)(H2,12,13,16)/t9-/m1/s1. The van der Waals surface area contributed by atoms with Gasteiger partial charge in [0.25, 0.3) is 11.9 Å². The van der Waals surface area contributed by atoms with E-state index in [9.17, 15) is 9.59 Å². The number of anilines is 1. The van der Waals surface area contributed by atoms with Crippen molar-refractivity contribution in [2.45, 2.75) is 13.0 Å². The van der Waals surface area contributed by atoms with Crippen LogP contribution in [-0.2, 0) is 14.3 Å². The van der Waals surface area contributed by atoms with Crippen LogP contribution in [0.4, 0.5) is 5.95 Å². The Hall–Kier alpha value is -2.97. The van der Waals surface area contributed by atoms with Gasteiger partial charge in [0.15, 0.2) is 0 Å². The summed E-state index contributed by atoms with van der Waals surface area (Å²) >= 11 is 0. The summed E-state index contributed by atoms with van der Waals surface area (Å²) in [5, 5.41) is 10.2. The first-order valence-corrected chi connectivity index (χ1v) is 5.65. The van der Waals surface area contributed by atoms with Crippen LogP contribution in [0.3, 0.4) is 0 Å². The lowest BCUT2D eigenvalue weighted by Crippen LogP contribution is -2.32. The summed E-state index contributed by atoms with van der Waals surface area (Å²) < 4.78 is 5.01. The molecule has 9 nitrogen and oxygen atoms in total. The normalized spacial score (nSPS) is 11.7. The Morgan fingerprint density at radius 2 is 2.05 bits per heavy atom. The summed E-state index contributed by atoms with van der Waals surface area (Å²) in [5.74, 6) is -1.29. The molecule has 1 amide bonds. The number of hydrogen-bond donors (Lipinski definition) is 2. The van der Waals surface area contributed by atoms with E-state index in [0.717, 1.165) is 4.79 Å². The number of nitrogens with two attached hydrogens (primary N) is 1. The molecule has 2 aromatic rings. The Morgan fingerprint density at radius 3 is 2.60 bits per heavy atom. The molecule has 104 valence electrons. The minimum absolute atomic E-state index is 0.0898. The minimum atomic E-state index is -1.11. The minimum Gasteiger partial charge on any atom is -0.447 e. The van der Waals surface area contributed by atoms with Crippen molar-refractivity contribution in [1.29, 1.82) is 0 Å². The summed E-state index contributed by atoms with van der Waals surface area (Å²) in [7, 11) is 0. The largest absolute Gasteiger partial charge is 0.447 e. The third kappa shape index (κ3) is 3.07. The van der Waals surface area contributed by atoms with Crippen molar-refractivity contribution in [2.75, 3.05) is 11.2 Å². The predicted molar refractivity (Wildman–Crippen MR) is 67.5 cm³/mol. The van der Waals surface area contributed by atoms with Crippen LogP contribution in [0.5, 0.6) is 0 Å². The number of ether oxygens (including phenoxy) is 1. The van der Waals surface area contributed by atoms with E-state index in [0.29, 0.717) is 5.56 Å². The smallest absolute Gasteiger partial charge is 0.303 e. The molecule has 0 aliphatic rings. The number of nitrogens with one attached hydrogen (secondary N) is 1.